The molecule has 0 bridgehead atoms. The average molecular weight is 394 g/mol. The van der Waals surface area contributed by atoms with Crippen LogP contribution < -0.4 is 9.47 Å². The van der Waals surface area contributed by atoms with Gasteiger partial charge in [0.25, 0.3) is 5.69 Å². The summed E-state index contributed by atoms with van der Waals surface area (Å²) >= 11 is 0. The molecule has 3 rings (SSSR count). The van der Waals surface area contributed by atoms with Crippen LogP contribution in [0.25, 0.3) is 6.08 Å². The number of aliphatic imine (C=N–C) groups is 1. The molecule has 2 aromatic rings. The van der Waals surface area contributed by atoms with Crippen molar-refractivity contribution >= 4 is 23.6 Å². The van der Waals surface area contributed by atoms with Gasteiger partial charge in [0, 0.05) is 23.3 Å². The van der Waals surface area contributed by atoms with Crippen molar-refractivity contribution < 1.29 is 23.9 Å². The Balaban J connectivity index is 1.94. The minimum absolute atomic E-state index is 0.0647. The summed E-state index contributed by atoms with van der Waals surface area (Å²) < 4.78 is 16.3. The molecular weight excluding hydrogens is 376 g/mol. The zero-order valence-corrected chi connectivity index (χ0v) is 15.9. The summed E-state index contributed by atoms with van der Waals surface area (Å²) in [4.78, 5) is 26.8. The maximum atomic E-state index is 12.3. The van der Waals surface area contributed by atoms with E-state index < -0.39 is 10.9 Å². The largest absolute Gasteiger partial charge is 0.493 e. The molecule has 1 heterocycles. The van der Waals surface area contributed by atoms with E-state index in [1.54, 1.807) is 18.2 Å². The first-order chi connectivity index (χ1) is 13.9. The summed E-state index contributed by atoms with van der Waals surface area (Å²) in [6.07, 6.45) is 1.54. The first kappa shape index (κ1) is 19.8. The van der Waals surface area contributed by atoms with Gasteiger partial charge in [0.05, 0.1) is 12.0 Å². The Hall–Kier alpha value is -3.94. The molecule has 29 heavy (non-hydrogen) atoms. The molecule has 8 heteroatoms. The fraction of sp³-hybridized carbons (Fsp3) is 0.143. The van der Waals surface area contributed by atoms with Crippen LogP contribution in [-0.4, -0.2) is 30.5 Å². The van der Waals surface area contributed by atoms with Crippen molar-refractivity contribution in [2.24, 2.45) is 4.99 Å². The van der Waals surface area contributed by atoms with Gasteiger partial charge in [-0.3, -0.25) is 10.1 Å². The van der Waals surface area contributed by atoms with Crippen molar-refractivity contribution in [1.82, 2.24) is 0 Å². The third kappa shape index (κ3) is 4.49. The van der Waals surface area contributed by atoms with E-state index in [0.29, 0.717) is 22.6 Å². The number of ether oxygens (including phenoxy) is 3. The van der Waals surface area contributed by atoms with Gasteiger partial charge in [-0.15, -0.1) is 0 Å². The van der Waals surface area contributed by atoms with E-state index in [9.17, 15) is 14.9 Å². The fourth-order valence-electron chi connectivity index (χ4n) is 2.56. The summed E-state index contributed by atoms with van der Waals surface area (Å²) in [5.41, 5.74) is 1.88. The Morgan fingerprint density at radius 3 is 2.62 bits per heavy atom. The zero-order valence-electron chi connectivity index (χ0n) is 15.9. The van der Waals surface area contributed by atoms with E-state index in [1.165, 1.54) is 37.5 Å². The van der Waals surface area contributed by atoms with E-state index in [1.807, 2.05) is 6.92 Å². The highest BCUT2D eigenvalue weighted by Crippen LogP contribution is 2.34. The van der Waals surface area contributed by atoms with Crippen LogP contribution >= 0.6 is 0 Å². The third-order valence-electron chi connectivity index (χ3n) is 3.93. The van der Waals surface area contributed by atoms with E-state index >= 15 is 0 Å². The van der Waals surface area contributed by atoms with Crippen LogP contribution in [0.15, 0.2) is 65.3 Å². The molecule has 148 valence electrons. The van der Waals surface area contributed by atoms with Crippen LogP contribution in [0, 0.1) is 10.1 Å². The molecule has 0 N–H and O–H groups in total. The second kappa shape index (κ2) is 8.39. The summed E-state index contributed by atoms with van der Waals surface area (Å²) in [6.45, 7) is 5.94. The normalized spacial score (nSPS) is 14.3. The minimum atomic E-state index is -0.632. The van der Waals surface area contributed by atoms with E-state index in [2.05, 4.69) is 11.6 Å². The fourth-order valence-corrected chi connectivity index (χ4v) is 2.56. The monoisotopic (exact) mass is 394 g/mol. The molecule has 1 aliphatic rings. The standard InChI is InChI=1S/C21H18N2O6/c1-13(2)12-28-19-15(5-4-6-18(19)27-3)11-17-21(24)29-20(22-17)14-7-9-16(10-8-14)23(25)26/h4-11H,1,12H2,2-3H3/b17-11-. The summed E-state index contributed by atoms with van der Waals surface area (Å²) in [5, 5.41) is 10.8. The highest BCUT2D eigenvalue weighted by atomic mass is 16.6. The molecule has 0 aromatic heterocycles. The number of rotatable bonds is 7. The lowest BCUT2D eigenvalue weighted by Crippen LogP contribution is -2.05. The van der Waals surface area contributed by atoms with E-state index in [-0.39, 0.29) is 23.9 Å². The average Bonchev–Trinajstić information content (AvgIpc) is 3.07. The number of carbonyl (C=O) groups is 1. The molecular formula is C21H18N2O6. The highest BCUT2D eigenvalue weighted by molar-refractivity contribution is 6.13. The van der Waals surface area contributed by atoms with E-state index in [4.69, 9.17) is 14.2 Å². The predicted molar refractivity (Wildman–Crippen MR) is 107 cm³/mol. The molecule has 0 saturated carbocycles. The van der Waals surface area contributed by atoms with Gasteiger partial charge in [-0.25, -0.2) is 9.79 Å². The van der Waals surface area contributed by atoms with E-state index in [0.717, 1.165) is 5.57 Å². The first-order valence-electron chi connectivity index (χ1n) is 8.60. The molecule has 0 fully saturated rings. The minimum Gasteiger partial charge on any atom is -0.493 e. The number of hydrogen-bond acceptors (Lipinski definition) is 7. The molecule has 1 aliphatic heterocycles. The van der Waals surface area contributed by atoms with Gasteiger partial charge in [0.1, 0.15) is 6.61 Å². The summed E-state index contributed by atoms with van der Waals surface area (Å²) in [5.74, 6) is 0.402. The van der Waals surface area contributed by atoms with Crippen molar-refractivity contribution in [2.75, 3.05) is 13.7 Å². The van der Waals surface area contributed by atoms with Crippen LogP contribution in [0.4, 0.5) is 5.69 Å². The zero-order chi connectivity index (χ0) is 21.0. The van der Waals surface area contributed by atoms with Crippen molar-refractivity contribution in [3.63, 3.8) is 0 Å². The van der Waals surface area contributed by atoms with Gasteiger partial charge in [0.2, 0.25) is 5.90 Å². The molecule has 8 nitrogen and oxygen atoms in total. The molecule has 0 radical (unpaired) electrons. The number of hydrogen-bond donors (Lipinski definition) is 0. The SMILES string of the molecule is C=C(C)COc1c(/C=C2\N=C(c3ccc([N+](=O)[O-])cc3)OC2=O)cccc1OC. The number of nitrogens with zero attached hydrogens (tertiary/aromatic N) is 2. The molecule has 0 spiro atoms. The van der Waals surface area contributed by atoms with Crippen LogP contribution in [0.3, 0.4) is 0 Å². The smallest absolute Gasteiger partial charge is 0.363 e. The number of esters is 1. The Morgan fingerprint density at radius 2 is 2.00 bits per heavy atom. The molecule has 0 aliphatic carbocycles. The quantitative estimate of drug-likeness (QED) is 0.232. The first-order valence-corrected chi connectivity index (χ1v) is 8.60. The van der Waals surface area contributed by atoms with Crippen LogP contribution in [0.2, 0.25) is 0 Å². The number of carbonyl (C=O) groups excluding carboxylic acids is 1. The summed E-state index contributed by atoms with van der Waals surface area (Å²) in [6, 6.07) is 10.8. The lowest BCUT2D eigenvalue weighted by atomic mass is 10.1. The van der Waals surface area contributed by atoms with Crippen LogP contribution in [0.1, 0.15) is 18.1 Å². The van der Waals surface area contributed by atoms with Crippen molar-refractivity contribution in [2.45, 2.75) is 6.92 Å². The summed E-state index contributed by atoms with van der Waals surface area (Å²) in [7, 11) is 1.52. The topological polar surface area (TPSA) is 100 Å². The van der Waals surface area contributed by atoms with Gasteiger partial charge < -0.3 is 14.2 Å². The Kier molecular flexibility index (Phi) is 5.73. The second-order valence-electron chi connectivity index (χ2n) is 6.26. The van der Waals surface area contributed by atoms with Crippen LogP contribution in [-0.2, 0) is 9.53 Å². The number of methoxy groups -OCH3 is 1. The van der Waals surface area contributed by atoms with Crippen molar-refractivity contribution in [3.8, 4) is 11.5 Å². The molecule has 0 unspecified atom stereocenters. The van der Waals surface area contributed by atoms with Crippen molar-refractivity contribution in [1.29, 1.82) is 0 Å². The number of nitro groups is 1. The van der Waals surface area contributed by atoms with Gasteiger partial charge in [-0.2, -0.15) is 0 Å². The van der Waals surface area contributed by atoms with Gasteiger partial charge in [-0.1, -0.05) is 18.7 Å². The Labute approximate surface area is 166 Å². The molecule has 2 aromatic carbocycles. The number of benzene rings is 2. The molecule has 0 atom stereocenters. The van der Waals surface area contributed by atoms with Gasteiger partial charge in [-0.05, 0) is 36.8 Å². The second-order valence-corrected chi connectivity index (χ2v) is 6.26. The Morgan fingerprint density at radius 1 is 1.28 bits per heavy atom. The van der Waals surface area contributed by atoms with Crippen molar-refractivity contribution in [3.05, 3.63) is 81.6 Å². The number of cyclic esters (lactones) is 1. The number of non-ortho nitro benzene ring substituents is 1. The maximum Gasteiger partial charge on any atom is 0.363 e. The predicted octanol–water partition coefficient (Wildman–Crippen LogP) is 3.90. The highest BCUT2D eigenvalue weighted by Gasteiger charge is 2.25. The third-order valence-corrected chi connectivity index (χ3v) is 3.93. The maximum absolute atomic E-state index is 12.3. The van der Waals surface area contributed by atoms with Crippen LogP contribution in [0.5, 0.6) is 11.5 Å². The number of nitro benzene ring substituents is 1. The molecule has 0 saturated heterocycles. The molecule has 0 amide bonds. The number of para-hydroxylation sites is 1. The van der Waals surface area contributed by atoms with Gasteiger partial charge in [0.15, 0.2) is 17.2 Å². The lowest BCUT2D eigenvalue weighted by molar-refractivity contribution is -0.384. The Bertz CT molecular complexity index is 1040. The van der Waals surface area contributed by atoms with Gasteiger partial charge >= 0.3 is 5.97 Å². The lowest BCUT2D eigenvalue weighted by Gasteiger charge is -2.13.